The van der Waals surface area contributed by atoms with Gasteiger partial charge in [0.25, 0.3) is 0 Å². The Morgan fingerprint density at radius 3 is 3.12 bits per heavy atom. The highest BCUT2D eigenvalue weighted by atomic mass is 16.2. The number of amides is 1. The molecule has 1 atom stereocenters. The lowest BCUT2D eigenvalue weighted by Crippen LogP contribution is -2.41. The summed E-state index contributed by atoms with van der Waals surface area (Å²) in [6, 6.07) is 5.78. The zero-order chi connectivity index (χ0) is 12.1. The van der Waals surface area contributed by atoms with E-state index in [-0.39, 0.29) is 11.8 Å². The highest BCUT2D eigenvalue weighted by Gasteiger charge is 2.23. The Morgan fingerprint density at radius 1 is 1.59 bits per heavy atom. The molecule has 1 N–H and O–H groups in total. The summed E-state index contributed by atoms with van der Waals surface area (Å²) >= 11 is 0. The van der Waals surface area contributed by atoms with E-state index in [0.29, 0.717) is 6.54 Å². The number of piperidine rings is 1. The number of aromatic nitrogens is 1. The highest BCUT2D eigenvalue weighted by molar-refractivity contribution is 5.78. The van der Waals surface area contributed by atoms with Gasteiger partial charge in [-0.25, -0.2) is 0 Å². The number of hydrogen-bond acceptors (Lipinski definition) is 3. The quantitative estimate of drug-likeness (QED) is 0.848. The molecule has 0 saturated carbocycles. The van der Waals surface area contributed by atoms with Crippen LogP contribution in [0.15, 0.2) is 24.4 Å². The normalized spacial score (nSPS) is 19.9. The van der Waals surface area contributed by atoms with Gasteiger partial charge >= 0.3 is 0 Å². The molecule has 1 fully saturated rings. The van der Waals surface area contributed by atoms with Crippen LogP contribution < -0.4 is 5.32 Å². The number of hydrogen-bond donors (Lipinski definition) is 1. The fraction of sp³-hybridized carbons (Fsp3) is 0.538. The SMILES string of the molecule is CN(Cc1ccccn1)C(=O)C1CCCNC1. The second-order valence-corrected chi connectivity index (χ2v) is 4.56. The van der Waals surface area contributed by atoms with Gasteiger partial charge in [-0.2, -0.15) is 0 Å². The summed E-state index contributed by atoms with van der Waals surface area (Å²) in [6.07, 6.45) is 3.85. The first kappa shape index (κ1) is 12.0. The minimum atomic E-state index is 0.137. The third-order valence-corrected chi connectivity index (χ3v) is 3.15. The van der Waals surface area contributed by atoms with Crippen LogP contribution in [-0.2, 0) is 11.3 Å². The van der Waals surface area contributed by atoms with E-state index in [9.17, 15) is 4.79 Å². The van der Waals surface area contributed by atoms with Gasteiger partial charge in [0, 0.05) is 19.8 Å². The molecule has 0 radical (unpaired) electrons. The van der Waals surface area contributed by atoms with Gasteiger partial charge in [0.05, 0.1) is 18.2 Å². The summed E-state index contributed by atoms with van der Waals surface area (Å²) < 4.78 is 0. The zero-order valence-corrected chi connectivity index (χ0v) is 10.2. The Hall–Kier alpha value is -1.42. The van der Waals surface area contributed by atoms with Crippen molar-refractivity contribution in [2.45, 2.75) is 19.4 Å². The molecule has 1 aliphatic rings. The van der Waals surface area contributed by atoms with Gasteiger partial charge in [0.1, 0.15) is 0 Å². The van der Waals surface area contributed by atoms with Gasteiger partial charge in [0.2, 0.25) is 5.91 Å². The van der Waals surface area contributed by atoms with Crippen molar-refractivity contribution in [3.8, 4) is 0 Å². The minimum absolute atomic E-state index is 0.137. The van der Waals surface area contributed by atoms with E-state index >= 15 is 0 Å². The Labute approximate surface area is 102 Å². The molecule has 2 heterocycles. The third kappa shape index (κ3) is 3.27. The van der Waals surface area contributed by atoms with Crippen LogP contribution >= 0.6 is 0 Å². The molecule has 1 aromatic heterocycles. The van der Waals surface area contributed by atoms with Crippen molar-refractivity contribution >= 4 is 5.91 Å². The summed E-state index contributed by atoms with van der Waals surface area (Å²) in [5.41, 5.74) is 0.937. The summed E-state index contributed by atoms with van der Waals surface area (Å²) in [4.78, 5) is 18.2. The maximum Gasteiger partial charge on any atom is 0.227 e. The summed E-state index contributed by atoms with van der Waals surface area (Å²) in [5, 5.41) is 3.27. The first-order chi connectivity index (χ1) is 8.27. The number of nitrogens with one attached hydrogen (secondary N) is 1. The average Bonchev–Trinajstić information content (AvgIpc) is 2.40. The monoisotopic (exact) mass is 233 g/mol. The van der Waals surface area contributed by atoms with Crippen molar-refractivity contribution in [2.75, 3.05) is 20.1 Å². The van der Waals surface area contributed by atoms with Crippen LogP contribution in [0, 0.1) is 5.92 Å². The van der Waals surface area contributed by atoms with E-state index < -0.39 is 0 Å². The van der Waals surface area contributed by atoms with Crippen molar-refractivity contribution in [3.63, 3.8) is 0 Å². The Morgan fingerprint density at radius 2 is 2.47 bits per heavy atom. The van der Waals surface area contributed by atoms with Crippen LogP contribution in [0.1, 0.15) is 18.5 Å². The zero-order valence-electron chi connectivity index (χ0n) is 10.2. The minimum Gasteiger partial charge on any atom is -0.340 e. The van der Waals surface area contributed by atoms with Crippen LogP contribution in [0.25, 0.3) is 0 Å². The van der Waals surface area contributed by atoms with Gasteiger partial charge in [-0.05, 0) is 31.5 Å². The molecule has 1 saturated heterocycles. The van der Waals surface area contributed by atoms with Crippen molar-refractivity contribution in [1.82, 2.24) is 15.2 Å². The molecule has 2 rings (SSSR count). The standard InChI is InChI=1S/C13H19N3O/c1-16(10-12-6-2-3-8-15-12)13(17)11-5-4-7-14-9-11/h2-3,6,8,11,14H,4-5,7,9-10H2,1H3. The number of rotatable bonds is 3. The number of carbonyl (C=O) groups is 1. The van der Waals surface area contributed by atoms with E-state index in [4.69, 9.17) is 0 Å². The molecule has 17 heavy (non-hydrogen) atoms. The van der Waals surface area contributed by atoms with E-state index in [1.54, 1.807) is 11.1 Å². The molecule has 1 aliphatic heterocycles. The molecule has 1 amide bonds. The number of carbonyl (C=O) groups excluding carboxylic acids is 1. The third-order valence-electron chi connectivity index (χ3n) is 3.15. The number of pyridine rings is 1. The Bertz CT molecular complexity index is 360. The van der Waals surface area contributed by atoms with Gasteiger partial charge in [0.15, 0.2) is 0 Å². The lowest BCUT2D eigenvalue weighted by atomic mass is 9.98. The molecular formula is C13H19N3O. The Balaban J connectivity index is 1.90. The molecule has 92 valence electrons. The molecular weight excluding hydrogens is 214 g/mol. The largest absolute Gasteiger partial charge is 0.340 e. The van der Waals surface area contributed by atoms with E-state index in [1.165, 1.54) is 0 Å². The lowest BCUT2D eigenvalue weighted by Gasteiger charge is -2.26. The summed E-state index contributed by atoms with van der Waals surface area (Å²) in [6.45, 7) is 2.44. The maximum atomic E-state index is 12.2. The van der Waals surface area contributed by atoms with Gasteiger partial charge in [-0.1, -0.05) is 6.07 Å². The topological polar surface area (TPSA) is 45.2 Å². The molecule has 0 aromatic carbocycles. The Kier molecular flexibility index (Phi) is 4.09. The second kappa shape index (κ2) is 5.77. The second-order valence-electron chi connectivity index (χ2n) is 4.56. The average molecular weight is 233 g/mol. The maximum absolute atomic E-state index is 12.2. The molecule has 1 unspecified atom stereocenters. The van der Waals surface area contributed by atoms with Gasteiger partial charge in [-0.15, -0.1) is 0 Å². The fourth-order valence-corrected chi connectivity index (χ4v) is 2.19. The smallest absolute Gasteiger partial charge is 0.227 e. The molecule has 4 nitrogen and oxygen atoms in total. The predicted octanol–water partition coefficient (Wildman–Crippen LogP) is 1.04. The first-order valence-corrected chi connectivity index (χ1v) is 6.13. The van der Waals surface area contributed by atoms with Crippen LogP contribution in [0.5, 0.6) is 0 Å². The molecule has 1 aromatic rings. The van der Waals surface area contributed by atoms with E-state index in [1.807, 2.05) is 25.2 Å². The van der Waals surface area contributed by atoms with Crippen LogP contribution in [-0.4, -0.2) is 35.9 Å². The number of nitrogens with zero attached hydrogens (tertiary/aromatic N) is 2. The predicted molar refractivity (Wildman–Crippen MR) is 66.3 cm³/mol. The van der Waals surface area contributed by atoms with Crippen molar-refractivity contribution < 1.29 is 4.79 Å². The molecule has 4 heteroatoms. The van der Waals surface area contributed by atoms with Crippen LogP contribution in [0.2, 0.25) is 0 Å². The molecule has 0 aliphatic carbocycles. The van der Waals surface area contributed by atoms with E-state index in [2.05, 4.69) is 10.3 Å². The van der Waals surface area contributed by atoms with E-state index in [0.717, 1.165) is 31.6 Å². The van der Waals surface area contributed by atoms with Gasteiger partial charge < -0.3 is 10.2 Å². The lowest BCUT2D eigenvalue weighted by molar-refractivity contribution is -0.135. The molecule has 0 spiro atoms. The fourth-order valence-electron chi connectivity index (χ4n) is 2.19. The van der Waals surface area contributed by atoms with Crippen LogP contribution in [0.3, 0.4) is 0 Å². The summed E-state index contributed by atoms with van der Waals surface area (Å²) in [5.74, 6) is 0.361. The first-order valence-electron chi connectivity index (χ1n) is 6.13. The highest BCUT2D eigenvalue weighted by Crippen LogP contribution is 2.13. The van der Waals surface area contributed by atoms with Crippen molar-refractivity contribution in [1.29, 1.82) is 0 Å². The van der Waals surface area contributed by atoms with Crippen molar-refractivity contribution in [2.24, 2.45) is 5.92 Å². The molecule has 0 bridgehead atoms. The van der Waals surface area contributed by atoms with Crippen LogP contribution in [0.4, 0.5) is 0 Å². The van der Waals surface area contributed by atoms with Gasteiger partial charge in [-0.3, -0.25) is 9.78 Å². The van der Waals surface area contributed by atoms with Crippen molar-refractivity contribution in [3.05, 3.63) is 30.1 Å². The summed E-state index contributed by atoms with van der Waals surface area (Å²) in [7, 11) is 1.85.